The first-order valence-corrected chi connectivity index (χ1v) is 12.9. The number of hydrogen-bond donors (Lipinski definition) is 4. The van der Waals surface area contributed by atoms with Crippen molar-refractivity contribution in [2.75, 3.05) is 19.5 Å². The summed E-state index contributed by atoms with van der Waals surface area (Å²) in [6.45, 7) is 7.46. The van der Waals surface area contributed by atoms with Gasteiger partial charge in [-0.25, -0.2) is 13.3 Å². The number of aromatic nitrogens is 2. The summed E-state index contributed by atoms with van der Waals surface area (Å²) < 4.78 is 38.7. The van der Waals surface area contributed by atoms with Crippen LogP contribution in [0.4, 0.5) is 4.39 Å². The molecule has 1 unspecified atom stereocenters. The predicted molar refractivity (Wildman–Crippen MR) is 135 cm³/mol. The van der Waals surface area contributed by atoms with Gasteiger partial charge < -0.3 is 20.5 Å². The van der Waals surface area contributed by atoms with Crippen LogP contribution < -0.4 is 21.7 Å². The molecular formula is C24H33FN6O2S. The molecule has 1 aliphatic rings. The molecule has 0 saturated carbocycles. The molecule has 1 aromatic carbocycles. The van der Waals surface area contributed by atoms with Crippen LogP contribution in [0.5, 0.6) is 0 Å². The summed E-state index contributed by atoms with van der Waals surface area (Å²) in [5.41, 5.74) is 12.2. The van der Waals surface area contributed by atoms with E-state index in [2.05, 4.69) is 10.1 Å². The highest BCUT2D eigenvalue weighted by molar-refractivity contribution is 7.82. The van der Waals surface area contributed by atoms with Crippen molar-refractivity contribution < 1.29 is 13.3 Å². The summed E-state index contributed by atoms with van der Waals surface area (Å²) >= 11 is 0. The Bertz CT molecular complexity index is 1280. The van der Waals surface area contributed by atoms with Gasteiger partial charge in [0, 0.05) is 54.4 Å². The van der Waals surface area contributed by atoms with Gasteiger partial charge in [0.1, 0.15) is 0 Å². The molecule has 0 amide bonds. The number of rotatable bonds is 7. The van der Waals surface area contributed by atoms with Gasteiger partial charge in [-0.1, -0.05) is 12.1 Å². The van der Waals surface area contributed by atoms with Crippen LogP contribution in [-0.2, 0) is 27.8 Å². The van der Waals surface area contributed by atoms with Crippen LogP contribution in [0.3, 0.4) is 0 Å². The quantitative estimate of drug-likeness (QED) is 0.300. The molecule has 0 radical (unpaired) electrons. The van der Waals surface area contributed by atoms with Crippen molar-refractivity contribution in [2.45, 2.75) is 45.7 Å². The van der Waals surface area contributed by atoms with E-state index in [4.69, 9.17) is 21.3 Å². The third kappa shape index (κ3) is 4.55. The van der Waals surface area contributed by atoms with Crippen molar-refractivity contribution in [3.63, 3.8) is 0 Å². The Hall–Kier alpha value is -2.53. The van der Waals surface area contributed by atoms with E-state index in [1.807, 2.05) is 30.5 Å². The summed E-state index contributed by atoms with van der Waals surface area (Å²) in [4.78, 5) is 4.69. The second kappa shape index (κ2) is 9.61. The summed E-state index contributed by atoms with van der Waals surface area (Å²) in [6.07, 6.45) is 5.06. The second-order valence-corrected chi connectivity index (χ2v) is 10.6. The SMILES string of the molecule is C/C(N)=C(/NN)c1cnc2c3ccc(C(C)(C)NS(C)=O)c(F)c3n(CC3CCOCC3)c2c1. The average Bonchev–Trinajstić information content (AvgIpc) is 3.08. The Morgan fingerprint density at radius 2 is 2.06 bits per heavy atom. The molecule has 8 nitrogen and oxygen atoms in total. The van der Waals surface area contributed by atoms with Crippen molar-refractivity contribution in [2.24, 2.45) is 17.5 Å². The molecule has 34 heavy (non-hydrogen) atoms. The number of ether oxygens (including phenoxy) is 1. The van der Waals surface area contributed by atoms with E-state index in [0.29, 0.717) is 53.7 Å². The lowest BCUT2D eigenvalue weighted by Crippen LogP contribution is -2.38. The normalized spacial score (nSPS) is 17.2. The van der Waals surface area contributed by atoms with Crippen molar-refractivity contribution in [3.8, 4) is 0 Å². The van der Waals surface area contributed by atoms with Gasteiger partial charge in [-0.3, -0.25) is 10.8 Å². The average molecular weight is 489 g/mol. The van der Waals surface area contributed by atoms with E-state index in [-0.39, 0.29) is 5.82 Å². The van der Waals surface area contributed by atoms with E-state index in [0.717, 1.165) is 29.3 Å². The van der Waals surface area contributed by atoms with Crippen LogP contribution in [0.15, 0.2) is 30.1 Å². The van der Waals surface area contributed by atoms with Crippen LogP contribution in [0.2, 0.25) is 0 Å². The number of hydrogen-bond acceptors (Lipinski definition) is 6. The van der Waals surface area contributed by atoms with Gasteiger partial charge in [-0.05, 0) is 45.6 Å². The lowest BCUT2D eigenvalue weighted by molar-refractivity contribution is 0.0619. The van der Waals surface area contributed by atoms with E-state index >= 15 is 4.39 Å². The summed E-state index contributed by atoms with van der Waals surface area (Å²) in [7, 11) is -1.30. The van der Waals surface area contributed by atoms with Gasteiger partial charge in [0.25, 0.3) is 0 Å². The van der Waals surface area contributed by atoms with Crippen LogP contribution in [-0.4, -0.2) is 33.2 Å². The van der Waals surface area contributed by atoms with E-state index in [1.165, 1.54) is 0 Å². The Kier molecular flexibility index (Phi) is 6.95. The first-order chi connectivity index (χ1) is 16.1. The molecule has 3 heterocycles. The molecule has 1 atom stereocenters. The number of allylic oxidation sites excluding steroid dienone is 1. The molecule has 3 aromatic rings. The monoisotopic (exact) mass is 488 g/mol. The number of hydrazine groups is 1. The molecule has 2 aromatic heterocycles. The molecule has 1 saturated heterocycles. The molecule has 0 aliphatic carbocycles. The number of pyridine rings is 1. The summed E-state index contributed by atoms with van der Waals surface area (Å²) in [6, 6.07) is 5.61. The Balaban J connectivity index is 1.98. The number of nitrogens with one attached hydrogen (secondary N) is 2. The van der Waals surface area contributed by atoms with E-state index in [1.54, 1.807) is 25.4 Å². The Labute approximate surface area is 201 Å². The van der Waals surface area contributed by atoms with Crippen LogP contribution in [0, 0.1) is 11.7 Å². The Morgan fingerprint density at radius 1 is 1.35 bits per heavy atom. The predicted octanol–water partition coefficient (Wildman–Crippen LogP) is 2.98. The largest absolute Gasteiger partial charge is 0.401 e. The minimum atomic E-state index is -1.30. The second-order valence-electron chi connectivity index (χ2n) is 9.46. The standard InChI is InChI=1S/C24H33FN6O2S/c1-14(26)21(29-27)16-11-19-22(28-12-16)17-5-6-18(24(2,3)30-34(4)32)20(25)23(17)31(19)13-15-7-9-33-10-8-15/h5-6,11-12,15,29-30H,7-10,13,26-27H2,1-4H3/b21-14-. The van der Waals surface area contributed by atoms with Gasteiger partial charge in [-0.2, -0.15) is 0 Å². The van der Waals surface area contributed by atoms with Gasteiger partial charge in [-0.15, -0.1) is 0 Å². The molecule has 0 spiro atoms. The zero-order valence-electron chi connectivity index (χ0n) is 20.1. The highest BCUT2D eigenvalue weighted by atomic mass is 32.2. The molecule has 1 aliphatic heterocycles. The van der Waals surface area contributed by atoms with Gasteiger partial charge in [0.2, 0.25) is 0 Å². The minimum Gasteiger partial charge on any atom is -0.401 e. The number of nitrogens with zero attached hydrogens (tertiary/aromatic N) is 2. The fourth-order valence-electron chi connectivity index (χ4n) is 4.84. The van der Waals surface area contributed by atoms with Crippen LogP contribution in [0.25, 0.3) is 27.6 Å². The maximum atomic E-state index is 16.2. The highest BCUT2D eigenvalue weighted by Crippen LogP contribution is 2.36. The number of halogens is 1. The van der Waals surface area contributed by atoms with Crippen molar-refractivity contribution in [1.29, 1.82) is 0 Å². The first kappa shape index (κ1) is 24.6. The summed E-state index contributed by atoms with van der Waals surface area (Å²) in [5.74, 6) is 5.73. The van der Waals surface area contributed by atoms with Crippen molar-refractivity contribution in [3.05, 3.63) is 47.0 Å². The lowest BCUT2D eigenvalue weighted by atomic mass is 9.94. The minimum absolute atomic E-state index is 0.338. The Morgan fingerprint density at radius 3 is 2.68 bits per heavy atom. The molecule has 10 heteroatoms. The fraction of sp³-hybridized carbons (Fsp3) is 0.458. The molecule has 1 fully saturated rings. The number of nitrogens with two attached hydrogens (primary N) is 2. The molecule has 6 N–H and O–H groups in total. The van der Waals surface area contributed by atoms with Crippen LogP contribution >= 0.6 is 0 Å². The maximum absolute atomic E-state index is 16.2. The highest BCUT2D eigenvalue weighted by Gasteiger charge is 2.29. The number of benzene rings is 1. The van der Waals surface area contributed by atoms with Gasteiger partial charge >= 0.3 is 0 Å². The van der Waals surface area contributed by atoms with E-state index in [9.17, 15) is 4.21 Å². The van der Waals surface area contributed by atoms with Gasteiger partial charge in [0.15, 0.2) is 5.82 Å². The van der Waals surface area contributed by atoms with Crippen molar-refractivity contribution in [1.82, 2.24) is 19.7 Å². The maximum Gasteiger partial charge on any atom is 0.152 e. The third-order valence-corrected chi connectivity index (χ3v) is 7.28. The first-order valence-electron chi connectivity index (χ1n) is 11.4. The van der Waals surface area contributed by atoms with Crippen molar-refractivity contribution >= 4 is 38.6 Å². The molecule has 0 bridgehead atoms. The van der Waals surface area contributed by atoms with Gasteiger partial charge in [0.05, 0.1) is 38.8 Å². The fourth-order valence-corrected chi connectivity index (χ4v) is 5.67. The zero-order chi connectivity index (χ0) is 24.6. The third-order valence-electron chi connectivity index (χ3n) is 6.48. The topological polar surface area (TPSA) is 120 Å². The summed E-state index contributed by atoms with van der Waals surface area (Å²) in [5, 5.41) is 0.735. The number of fused-ring (bicyclic) bond motifs is 3. The molecular weight excluding hydrogens is 455 g/mol. The smallest absolute Gasteiger partial charge is 0.152 e. The molecule has 184 valence electrons. The van der Waals surface area contributed by atoms with E-state index < -0.39 is 16.5 Å². The molecule has 4 rings (SSSR count). The zero-order valence-corrected chi connectivity index (χ0v) is 20.9. The van der Waals surface area contributed by atoms with Crippen LogP contribution in [0.1, 0.15) is 44.7 Å². The lowest BCUT2D eigenvalue weighted by Gasteiger charge is -2.27.